The summed E-state index contributed by atoms with van der Waals surface area (Å²) in [7, 11) is 0. The van der Waals surface area contributed by atoms with E-state index in [1.54, 1.807) is 0 Å². The van der Waals surface area contributed by atoms with Gasteiger partial charge in [0, 0.05) is 6.04 Å². The summed E-state index contributed by atoms with van der Waals surface area (Å²) in [6.45, 7) is 4.55. The van der Waals surface area contributed by atoms with Crippen LogP contribution in [0.4, 0.5) is 0 Å². The van der Waals surface area contributed by atoms with Crippen molar-refractivity contribution >= 4 is 12.4 Å². The fraction of sp³-hybridized carbons (Fsp3) is 0.500. The molecule has 1 nitrogen and oxygen atoms in total. The fourth-order valence-electron chi connectivity index (χ4n) is 2.35. The normalized spacial score (nSPS) is 24.6. The summed E-state index contributed by atoms with van der Waals surface area (Å²) in [6, 6.07) is 8.87. The summed E-state index contributed by atoms with van der Waals surface area (Å²) >= 11 is 0. The Labute approximate surface area is 92.1 Å². The Morgan fingerprint density at radius 2 is 1.79 bits per heavy atom. The zero-order chi connectivity index (χ0) is 9.42. The second-order valence-corrected chi connectivity index (χ2v) is 4.32. The zero-order valence-corrected chi connectivity index (χ0v) is 9.55. The minimum Gasteiger partial charge on any atom is -0.324 e. The molecule has 0 saturated carbocycles. The summed E-state index contributed by atoms with van der Waals surface area (Å²) in [5.74, 6) is 1.38. The summed E-state index contributed by atoms with van der Waals surface area (Å²) in [4.78, 5) is 0. The smallest absolute Gasteiger partial charge is 0.0303 e. The molecule has 0 amide bonds. The molecule has 2 heteroatoms. The van der Waals surface area contributed by atoms with Gasteiger partial charge in [-0.25, -0.2) is 0 Å². The first-order valence-corrected chi connectivity index (χ1v) is 5.04. The Kier molecular flexibility index (Phi) is 3.57. The highest BCUT2D eigenvalue weighted by molar-refractivity contribution is 5.85. The molecule has 0 bridgehead atoms. The molecule has 14 heavy (non-hydrogen) atoms. The lowest BCUT2D eigenvalue weighted by Crippen LogP contribution is -2.07. The minimum atomic E-state index is 0. The minimum absolute atomic E-state index is 0. The summed E-state index contributed by atoms with van der Waals surface area (Å²) in [6.07, 6.45) is 1.12. The highest BCUT2D eigenvalue weighted by Crippen LogP contribution is 2.42. The van der Waals surface area contributed by atoms with Crippen molar-refractivity contribution in [1.82, 2.24) is 0 Å². The Morgan fingerprint density at radius 1 is 1.21 bits per heavy atom. The zero-order valence-electron chi connectivity index (χ0n) is 8.73. The molecule has 1 aromatic carbocycles. The third-order valence-corrected chi connectivity index (χ3v) is 3.11. The van der Waals surface area contributed by atoms with E-state index in [1.807, 2.05) is 0 Å². The first kappa shape index (κ1) is 11.5. The van der Waals surface area contributed by atoms with Crippen LogP contribution in [0.5, 0.6) is 0 Å². The number of hydrogen-bond acceptors (Lipinski definition) is 1. The van der Waals surface area contributed by atoms with Gasteiger partial charge in [0.25, 0.3) is 0 Å². The van der Waals surface area contributed by atoms with Crippen molar-refractivity contribution in [3.63, 3.8) is 0 Å². The Balaban J connectivity index is 0.000000980. The highest BCUT2D eigenvalue weighted by atomic mass is 35.5. The van der Waals surface area contributed by atoms with Gasteiger partial charge in [0.1, 0.15) is 0 Å². The number of fused-ring (bicyclic) bond motifs is 1. The molecule has 1 aliphatic rings. The number of rotatable bonds is 1. The van der Waals surface area contributed by atoms with E-state index in [0.29, 0.717) is 11.8 Å². The van der Waals surface area contributed by atoms with Crippen LogP contribution in [-0.2, 0) is 0 Å². The Bertz CT molecular complexity index is 309. The third kappa shape index (κ3) is 1.79. The number of nitrogens with two attached hydrogens (primary N) is 1. The van der Waals surface area contributed by atoms with Crippen LogP contribution in [0.15, 0.2) is 24.3 Å². The van der Waals surface area contributed by atoms with Gasteiger partial charge in [0.15, 0.2) is 0 Å². The van der Waals surface area contributed by atoms with Crippen molar-refractivity contribution in [2.45, 2.75) is 32.2 Å². The molecule has 0 unspecified atom stereocenters. The van der Waals surface area contributed by atoms with Crippen LogP contribution in [0.25, 0.3) is 0 Å². The quantitative estimate of drug-likeness (QED) is 0.759. The number of halogens is 1. The molecular weight excluding hydrogens is 194 g/mol. The van der Waals surface area contributed by atoms with Crippen molar-refractivity contribution in [1.29, 1.82) is 0 Å². The van der Waals surface area contributed by atoms with Crippen molar-refractivity contribution < 1.29 is 0 Å². The van der Waals surface area contributed by atoms with Crippen molar-refractivity contribution in [3.05, 3.63) is 35.4 Å². The van der Waals surface area contributed by atoms with Gasteiger partial charge < -0.3 is 5.73 Å². The van der Waals surface area contributed by atoms with Crippen LogP contribution in [-0.4, -0.2) is 0 Å². The van der Waals surface area contributed by atoms with E-state index in [1.165, 1.54) is 11.1 Å². The first-order valence-electron chi connectivity index (χ1n) is 5.04. The largest absolute Gasteiger partial charge is 0.324 e. The van der Waals surface area contributed by atoms with Gasteiger partial charge in [-0.3, -0.25) is 0 Å². The standard InChI is InChI=1S/C12H17N.ClH/c1-8(2)11-7-12(13)10-6-4-3-5-9(10)11;/h3-6,8,11-12H,7,13H2,1-2H3;1H/t11-,12-;/m1./s1. The van der Waals surface area contributed by atoms with Gasteiger partial charge in [-0.1, -0.05) is 38.1 Å². The second-order valence-electron chi connectivity index (χ2n) is 4.32. The SMILES string of the molecule is CC(C)[C@H]1C[C@@H](N)c2ccccc21.Cl. The molecule has 78 valence electrons. The van der Waals surface area contributed by atoms with E-state index in [-0.39, 0.29) is 18.4 Å². The molecule has 1 aliphatic carbocycles. The average molecular weight is 212 g/mol. The summed E-state index contributed by atoms with van der Waals surface area (Å²) in [5.41, 5.74) is 8.91. The van der Waals surface area contributed by atoms with Gasteiger partial charge in [-0.05, 0) is 29.4 Å². The van der Waals surface area contributed by atoms with Gasteiger partial charge in [-0.15, -0.1) is 12.4 Å². The molecule has 0 fully saturated rings. The molecule has 2 atom stereocenters. The van der Waals surface area contributed by atoms with E-state index in [2.05, 4.69) is 38.1 Å². The van der Waals surface area contributed by atoms with Crippen LogP contribution < -0.4 is 5.73 Å². The van der Waals surface area contributed by atoms with Crippen LogP contribution in [0.3, 0.4) is 0 Å². The molecule has 2 rings (SSSR count). The van der Waals surface area contributed by atoms with Crippen molar-refractivity contribution in [2.75, 3.05) is 0 Å². The van der Waals surface area contributed by atoms with Crippen LogP contribution in [0, 0.1) is 5.92 Å². The Hall–Kier alpha value is -0.530. The number of hydrogen-bond donors (Lipinski definition) is 1. The predicted molar refractivity (Wildman–Crippen MR) is 62.8 cm³/mol. The maximum absolute atomic E-state index is 6.07. The van der Waals surface area contributed by atoms with E-state index in [4.69, 9.17) is 5.73 Å². The van der Waals surface area contributed by atoms with E-state index in [9.17, 15) is 0 Å². The van der Waals surface area contributed by atoms with Gasteiger partial charge in [0.05, 0.1) is 0 Å². The molecule has 0 spiro atoms. The van der Waals surface area contributed by atoms with Gasteiger partial charge >= 0.3 is 0 Å². The third-order valence-electron chi connectivity index (χ3n) is 3.11. The molecule has 0 saturated heterocycles. The first-order chi connectivity index (χ1) is 6.20. The van der Waals surface area contributed by atoms with Crippen LogP contribution in [0.1, 0.15) is 43.4 Å². The molecule has 0 radical (unpaired) electrons. The van der Waals surface area contributed by atoms with Gasteiger partial charge in [-0.2, -0.15) is 0 Å². The van der Waals surface area contributed by atoms with Crippen molar-refractivity contribution in [3.8, 4) is 0 Å². The van der Waals surface area contributed by atoms with Crippen LogP contribution >= 0.6 is 12.4 Å². The maximum Gasteiger partial charge on any atom is 0.0303 e. The lowest BCUT2D eigenvalue weighted by atomic mass is 9.90. The molecule has 1 aromatic rings. The van der Waals surface area contributed by atoms with Crippen LogP contribution in [0.2, 0.25) is 0 Å². The molecular formula is C12H18ClN. The molecule has 0 aromatic heterocycles. The maximum atomic E-state index is 6.07. The van der Waals surface area contributed by atoms with Crippen molar-refractivity contribution in [2.24, 2.45) is 11.7 Å². The van der Waals surface area contributed by atoms with Gasteiger partial charge in [0.2, 0.25) is 0 Å². The molecule has 0 aliphatic heterocycles. The Morgan fingerprint density at radius 3 is 2.36 bits per heavy atom. The lowest BCUT2D eigenvalue weighted by molar-refractivity contribution is 0.470. The topological polar surface area (TPSA) is 26.0 Å². The summed E-state index contributed by atoms with van der Waals surface area (Å²) < 4.78 is 0. The monoisotopic (exact) mass is 211 g/mol. The highest BCUT2D eigenvalue weighted by Gasteiger charge is 2.29. The average Bonchev–Trinajstić information content (AvgIpc) is 2.45. The molecule has 2 N–H and O–H groups in total. The van der Waals surface area contributed by atoms with E-state index < -0.39 is 0 Å². The van der Waals surface area contributed by atoms with E-state index >= 15 is 0 Å². The molecule has 0 heterocycles. The predicted octanol–water partition coefficient (Wildman–Crippen LogP) is 3.25. The summed E-state index contributed by atoms with van der Waals surface area (Å²) in [5, 5.41) is 0. The lowest BCUT2D eigenvalue weighted by Gasteiger charge is -2.15. The number of benzene rings is 1. The fourth-order valence-corrected chi connectivity index (χ4v) is 2.35. The second kappa shape index (κ2) is 4.33. The van der Waals surface area contributed by atoms with E-state index in [0.717, 1.165) is 6.42 Å².